The molecule has 0 atom stereocenters. The van der Waals surface area contributed by atoms with Crippen molar-refractivity contribution in [3.8, 4) is 0 Å². The fourth-order valence-electron chi connectivity index (χ4n) is 1.69. The maximum absolute atomic E-state index is 12.7. The molecule has 6 nitrogen and oxygen atoms in total. The Hall–Kier alpha value is -1.90. The first-order valence-corrected chi connectivity index (χ1v) is 6.17. The Bertz CT molecular complexity index is 569. The van der Waals surface area contributed by atoms with Gasteiger partial charge in [0.2, 0.25) is 0 Å². The van der Waals surface area contributed by atoms with E-state index in [9.17, 15) is 13.2 Å². The minimum absolute atomic E-state index is 0.0446. The maximum Gasteiger partial charge on any atom is 0.453 e. The van der Waals surface area contributed by atoms with Gasteiger partial charge in [-0.3, -0.25) is 0 Å². The molecule has 110 valence electrons. The molecular weight excluding hydrogens is 275 g/mol. The molecule has 0 saturated carbocycles. The average molecular weight is 289 g/mol. The minimum atomic E-state index is -4.59. The average Bonchev–Trinajstić information content (AvgIpc) is 2.81. The van der Waals surface area contributed by atoms with Gasteiger partial charge in [-0.15, -0.1) is 15.3 Å². The van der Waals surface area contributed by atoms with Gasteiger partial charge in [0, 0.05) is 13.2 Å². The number of unbranched alkanes of at least 4 members (excludes halogenated alkanes) is 2. The molecule has 0 bridgehead atoms. The molecule has 2 heterocycles. The summed E-state index contributed by atoms with van der Waals surface area (Å²) in [6.45, 7) is 0.710. The Balaban J connectivity index is 2.08. The molecule has 9 heteroatoms. The van der Waals surface area contributed by atoms with Crippen molar-refractivity contribution in [2.24, 2.45) is 0 Å². The van der Waals surface area contributed by atoms with E-state index in [1.807, 2.05) is 0 Å². The number of aliphatic hydroxyl groups is 1. The van der Waals surface area contributed by atoms with Gasteiger partial charge < -0.3 is 10.4 Å². The van der Waals surface area contributed by atoms with Crippen LogP contribution < -0.4 is 5.32 Å². The van der Waals surface area contributed by atoms with Gasteiger partial charge in [-0.1, -0.05) is 0 Å². The van der Waals surface area contributed by atoms with Crippen LogP contribution in [0.4, 0.5) is 19.0 Å². The Morgan fingerprint density at radius 1 is 1.15 bits per heavy atom. The standard InChI is InChI=1S/C11H14F3N5O/c12-11(13,14)10-17-16-9-5-4-8(18-19(9)10)15-6-2-1-3-7-20/h4-5,20H,1-3,6-7H2,(H,15,18). The fourth-order valence-corrected chi connectivity index (χ4v) is 1.69. The van der Waals surface area contributed by atoms with E-state index >= 15 is 0 Å². The zero-order valence-corrected chi connectivity index (χ0v) is 10.6. The summed E-state index contributed by atoms with van der Waals surface area (Å²) in [7, 11) is 0. The van der Waals surface area contributed by atoms with E-state index in [4.69, 9.17) is 5.11 Å². The molecule has 20 heavy (non-hydrogen) atoms. The lowest BCUT2D eigenvalue weighted by Crippen LogP contribution is -2.13. The monoisotopic (exact) mass is 289 g/mol. The summed E-state index contributed by atoms with van der Waals surface area (Å²) < 4.78 is 38.7. The van der Waals surface area contributed by atoms with Crippen LogP contribution in [-0.4, -0.2) is 38.1 Å². The second-order valence-electron chi connectivity index (χ2n) is 4.22. The van der Waals surface area contributed by atoms with Crippen LogP contribution in [-0.2, 0) is 6.18 Å². The van der Waals surface area contributed by atoms with Crippen LogP contribution in [0.1, 0.15) is 25.1 Å². The molecular formula is C11H14F3N5O. The van der Waals surface area contributed by atoms with E-state index in [0.717, 1.165) is 12.8 Å². The number of halogens is 3. The highest BCUT2D eigenvalue weighted by Gasteiger charge is 2.37. The third-order valence-electron chi connectivity index (χ3n) is 2.66. The van der Waals surface area contributed by atoms with Crippen molar-refractivity contribution in [3.05, 3.63) is 18.0 Å². The lowest BCUT2D eigenvalue weighted by atomic mass is 10.2. The van der Waals surface area contributed by atoms with Gasteiger partial charge in [0.05, 0.1) is 0 Å². The fraction of sp³-hybridized carbons (Fsp3) is 0.545. The summed E-state index contributed by atoms with van der Waals surface area (Å²) in [6, 6.07) is 2.97. The van der Waals surface area contributed by atoms with Crippen LogP contribution in [0.2, 0.25) is 0 Å². The zero-order chi connectivity index (χ0) is 14.6. The predicted molar refractivity (Wildman–Crippen MR) is 65.2 cm³/mol. The van der Waals surface area contributed by atoms with Gasteiger partial charge in [-0.05, 0) is 31.4 Å². The van der Waals surface area contributed by atoms with E-state index in [2.05, 4.69) is 20.6 Å². The van der Waals surface area contributed by atoms with Crippen molar-refractivity contribution in [2.45, 2.75) is 25.4 Å². The molecule has 0 aliphatic heterocycles. The molecule has 0 aliphatic carbocycles. The predicted octanol–water partition coefficient (Wildman–Crippen LogP) is 1.72. The third-order valence-corrected chi connectivity index (χ3v) is 2.66. The molecule has 0 radical (unpaired) electrons. The minimum Gasteiger partial charge on any atom is -0.396 e. The van der Waals surface area contributed by atoms with Crippen molar-refractivity contribution in [2.75, 3.05) is 18.5 Å². The first-order chi connectivity index (χ1) is 9.52. The number of anilines is 1. The van der Waals surface area contributed by atoms with E-state index in [1.165, 1.54) is 6.07 Å². The van der Waals surface area contributed by atoms with E-state index in [-0.39, 0.29) is 12.3 Å². The Morgan fingerprint density at radius 2 is 1.95 bits per heavy atom. The molecule has 0 fully saturated rings. The van der Waals surface area contributed by atoms with Crippen LogP contribution in [0.5, 0.6) is 0 Å². The van der Waals surface area contributed by atoms with Gasteiger partial charge in [-0.25, -0.2) is 0 Å². The smallest absolute Gasteiger partial charge is 0.396 e. The summed E-state index contributed by atoms with van der Waals surface area (Å²) in [5.74, 6) is -0.816. The summed E-state index contributed by atoms with van der Waals surface area (Å²) in [6.07, 6.45) is -2.25. The van der Waals surface area contributed by atoms with Crippen LogP contribution >= 0.6 is 0 Å². The number of aliphatic hydroxyl groups excluding tert-OH is 1. The lowest BCUT2D eigenvalue weighted by Gasteiger charge is -2.07. The van der Waals surface area contributed by atoms with Gasteiger partial charge in [-0.2, -0.15) is 17.7 Å². The van der Waals surface area contributed by atoms with Crippen LogP contribution in [0.25, 0.3) is 5.65 Å². The van der Waals surface area contributed by atoms with Gasteiger partial charge in [0.15, 0.2) is 5.65 Å². The third kappa shape index (κ3) is 3.35. The SMILES string of the molecule is OCCCCCNc1ccc2nnc(C(F)(F)F)n2n1. The number of alkyl halides is 3. The molecule has 2 N–H and O–H groups in total. The largest absolute Gasteiger partial charge is 0.453 e. The molecule has 0 aliphatic rings. The summed E-state index contributed by atoms with van der Waals surface area (Å²) >= 11 is 0. The Kier molecular flexibility index (Phi) is 4.38. The lowest BCUT2D eigenvalue weighted by molar-refractivity contribution is -0.146. The highest BCUT2D eigenvalue weighted by Crippen LogP contribution is 2.27. The van der Waals surface area contributed by atoms with Crippen LogP contribution in [0, 0.1) is 0 Å². The topological polar surface area (TPSA) is 75.3 Å². The number of rotatable bonds is 6. The number of hydrogen-bond acceptors (Lipinski definition) is 5. The number of aromatic nitrogens is 4. The Morgan fingerprint density at radius 3 is 2.65 bits per heavy atom. The number of nitrogens with one attached hydrogen (secondary N) is 1. The highest BCUT2D eigenvalue weighted by molar-refractivity contribution is 5.44. The summed E-state index contributed by atoms with van der Waals surface area (Å²) in [4.78, 5) is 0. The van der Waals surface area contributed by atoms with E-state index < -0.39 is 12.0 Å². The highest BCUT2D eigenvalue weighted by atomic mass is 19.4. The number of nitrogens with zero attached hydrogens (tertiary/aromatic N) is 4. The van der Waals surface area contributed by atoms with Crippen molar-refractivity contribution in [1.82, 2.24) is 19.8 Å². The zero-order valence-electron chi connectivity index (χ0n) is 10.6. The Labute approximate surface area is 112 Å². The van der Waals surface area contributed by atoms with Crippen molar-refractivity contribution in [3.63, 3.8) is 0 Å². The molecule has 0 saturated heterocycles. The van der Waals surface area contributed by atoms with E-state index in [0.29, 0.717) is 23.3 Å². The molecule has 0 unspecified atom stereocenters. The van der Waals surface area contributed by atoms with Gasteiger partial charge in [0.25, 0.3) is 5.82 Å². The second-order valence-corrected chi connectivity index (χ2v) is 4.22. The van der Waals surface area contributed by atoms with Gasteiger partial charge in [0.1, 0.15) is 5.82 Å². The molecule has 2 aromatic rings. The quantitative estimate of drug-likeness (QED) is 0.792. The molecule has 0 amide bonds. The molecule has 0 aromatic carbocycles. The normalized spacial score (nSPS) is 12.0. The van der Waals surface area contributed by atoms with Crippen LogP contribution in [0.15, 0.2) is 12.1 Å². The second kappa shape index (κ2) is 6.04. The molecule has 2 rings (SSSR count). The summed E-state index contributed by atoms with van der Waals surface area (Å²) in [5.41, 5.74) is 0.0446. The van der Waals surface area contributed by atoms with Crippen molar-refractivity contribution >= 4 is 11.5 Å². The summed E-state index contributed by atoms with van der Waals surface area (Å²) in [5, 5.41) is 21.9. The number of hydrogen-bond donors (Lipinski definition) is 2. The number of fused-ring (bicyclic) bond motifs is 1. The van der Waals surface area contributed by atoms with E-state index in [1.54, 1.807) is 6.07 Å². The molecule has 2 aromatic heterocycles. The molecule has 0 spiro atoms. The first kappa shape index (κ1) is 14.5. The first-order valence-electron chi connectivity index (χ1n) is 6.17. The van der Waals surface area contributed by atoms with Gasteiger partial charge >= 0.3 is 6.18 Å². The van der Waals surface area contributed by atoms with Crippen molar-refractivity contribution < 1.29 is 18.3 Å². The van der Waals surface area contributed by atoms with Crippen LogP contribution in [0.3, 0.4) is 0 Å². The maximum atomic E-state index is 12.7. The van der Waals surface area contributed by atoms with Crippen molar-refractivity contribution in [1.29, 1.82) is 0 Å².